The molecule has 1 atom stereocenters. The molecule has 0 fully saturated rings. The van der Waals surface area contributed by atoms with Crippen LogP contribution in [0.3, 0.4) is 0 Å². The molecule has 0 saturated carbocycles. The SMILES string of the molecule is CCC/C=C\CCCCCCCC(=O)OCC(COC(=O)CCCCCCCCCCCCCCCCCCCCCCCCCC)OC(=O)CCCCCCCCCCCCCCCCCCCCCCC. The molecule has 0 heterocycles. The highest BCUT2D eigenvalue weighted by Gasteiger charge is 2.19. The van der Waals surface area contributed by atoms with Gasteiger partial charge in [0.15, 0.2) is 6.10 Å². The molecule has 432 valence electrons. The zero-order valence-corrected chi connectivity index (χ0v) is 49.7. The normalized spacial score (nSPS) is 12.0. The Morgan fingerprint density at radius 3 is 0.740 bits per heavy atom. The summed E-state index contributed by atoms with van der Waals surface area (Å²) in [5.41, 5.74) is 0. The number of carbonyl (C=O) groups is 3. The van der Waals surface area contributed by atoms with E-state index in [-0.39, 0.29) is 31.1 Å². The Labute approximate surface area is 456 Å². The minimum Gasteiger partial charge on any atom is -0.462 e. The Bertz CT molecular complexity index is 1130. The van der Waals surface area contributed by atoms with Crippen molar-refractivity contribution < 1.29 is 28.6 Å². The van der Waals surface area contributed by atoms with Gasteiger partial charge in [-0.15, -0.1) is 0 Å². The Morgan fingerprint density at radius 2 is 0.479 bits per heavy atom. The number of esters is 3. The summed E-state index contributed by atoms with van der Waals surface area (Å²) < 4.78 is 16.9. The molecule has 0 aromatic heterocycles. The molecular weight excluding hydrogens is 901 g/mol. The molecule has 73 heavy (non-hydrogen) atoms. The van der Waals surface area contributed by atoms with Gasteiger partial charge >= 0.3 is 17.9 Å². The minimum absolute atomic E-state index is 0.0662. The summed E-state index contributed by atoms with van der Waals surface area (Å²) in [4.78, 5) is 38.2. The van der Waals surface area contributed by atoms with Crippen molar-refractivity contribution in [3.63, 3.8) is 0 Å². The highest BCUT2D eigenvalue weighted by atomic mass is 16.6. The Kier molecular flexibility index (Phi) is 61.1. The van der Waals surface area contributed by atoms with E-state index in [4.69, 9.17) is 14.2 Å². The third-order valence-corrected chi connectivity index (χ3v) is 15.3. The fourth-order valence-corrected chi connectivity index (χ4v) is 10.3. The number of ether oxygens (including phenoxy) is 3. The van der Waals surface area contributed by atoms with Gasteiger partial charge in [0.25, 0.3) is 0 Å². The van der Waals surface area contributed by atoms with Gasteiger partial charge in [-0.25, -0.2) is 0 Å². The molecule has 0 aromatic rings. The second kappa shape index (κ2) is 62.7. The minimum atomic E-state index is -0.768. The lowest BCUT2D eigenvalue weighted by molar-refractivity contribution is -0.167. The molecule has 0 aliphatic heterocycles. The predicted octanol–water partition coefficient (Wildman–Crippen LogP) is 22.4. The first-order chi connectivity index (χ1) is 36.0. The van der Waals surface area contributed by atoms with Crippen molar-refractivity contribution in [2.75, 3.05) is 13.2 Å². The van der Waals surface area contributed by atoms with Crippen LogP contribution in [-0.4, -0.2) is 37.2 Å². The van der Waals surface area contributed by atoms with Gasteiger partial charge in [0.05, 0.1) is 0 Å². The Morgan fingerprint density at radius 1 is 0.260 bits per heavy atom. The molecular formula is C67H128O6. The van der Waals surface area contributed by atoms with Gasteiger partial charge < -0.3 is 14.2 Å². The molecule has 0 rings (SSSR count). The molecule has 1 unspecified atom stereocenters. The van der Waals surface area contributed by atoms with Crippen molar-refractivity contribution in [3.8, 4) is 0 Å². The quantitative estimate of drug-likeness (QED) is 0.0261. The zero-order valence-electron chi connectivity index (χ0n) is 49.7. The molecule has 6 heteroatoms. The monoisotopic (exact) mass is 1030 g/mol. The number of allylic oxidation sites excluding steroid dienone is 2. The van der Waals surface area contributed by atoms with Crippen LogP contribution in [0.15, 0.2) is 12.2 Å². The second-order valence-electron chi connectivity index (χ2n) is 22.7. The average molecular weight is 1030 g/mol. The fourth-order valence-electron chi connectivity index (χ4n) is 10.3. The third kappa shape index (κ3) is 60.9. The maximum Gasteiger partial charge on any atom is 0.306 e. The van der Waals surface area contributed by atoms with Gasteiger partial charge in [-0.3, -0.25) is 14.4 Å². The molecule has 0 radical (unpaired) electrons. The topological polar surface area (TPSA) is 78.9 Å². The van der Waals surface area contributed by atoms with E-state index in [1.54, 1.807) is 0 Å². The molecule has 0 N–H and O–H groups in total. The maximum atomic E-state index is 12.9. The molecule has 0 amide bonds. The van der Waals surface area contributed by atoms with Crippen LogP contribution in [0, 0.1) is 0 Å². The van der Waals surface area contributed by atoms with Gasteiger partial charge in [-0.05, 0) is 38.5 Å². The third-order valence-electron chi connectivity index (χ3n) is 15.3. The molecule has 0 bridgehead atoms. The summed E-state index contributed by atoms with van der Waals surface area (Å²) >= 11 is 0. The van der Waals surface area contributed by atoms with E-state index < -0.39 is 6.10 Å². The van der Waals surface area contributed by atoms with Crippen molar-refractivity contribution in [3.05, 3.63) is 12.2 Å². The lowest BCUT2D eigenvalue weighted by Crippen LogP contribution is -2.30. The van der Waals surface area contributed by atoms with Crippen LogP contribution >= 0.6 is 0 Å². The van der Waals surface area contributed by atoms with Gasteiger partial charge in [0.1, 0.15) is 13.2 Å². The number of hydrogen-bond acceptors (Lipinski definition) is 6. The van der Waals surface area contributed by atoms with Crippen molar-refractivity contribution in [2.24, 2.45) is 0 Å². The average Bonchev–Trinajstić information content (AvgIpc) is 3.39. The second-order valence-corrected chi connectivity index (χ2v) is 22.7. The lowest BCUT2D eigenvalue weighted by Gasteiger charge is -2.18. The Hall–Kier alpha value is -1.85. The molecule has 0 spiro atoms. The van der Waals surface area contributed by atoms with Crippen LogP contribution in [0.2, 0.25) is 0 Å². The molecule has 0 aliphatic rings. The van der Waals surface area contributed by atoms with Crippen molar-refractivity contribution in [2.45, 2.75) is 386 Å². The van der Waals surface area contributed by atoms with Crippen molar-refractivity contribution in [1.29, 1.82) is 0 Å². The van der Waals surface area contributed by atoms with E-state index in [1.165, 1.54) is 270 Å². The standard InChI is InChI=1S/C67H128O6/c1-4-7-10-13-16-19-22-24-26-28-30-32-33-34-36-37-39-41-43-45-48-51-54-57-60-66(69)72-63-64(62-71-65(68)59-56-53-50-47-21-18-15-12-9-6-3)73-67(70)61-58-55-52-49-46-44-42-40-38-35-31-29-27-25-23-20-17-14-11-8-5-2/h12,15,64H,4-11,13-14,16-63H2,1-3H3/b15-12-. The highest BCUT2D eigenvalue weighted by Crippen LogP contribution is 2.19. The summed E-state index contributed by atoms with van der Waals surface area (Å²) in [5.74, 6) is -0.847. The predicted molar refractivity (Wildman–Crippen MR) is 317 cm³/mol. The number of hydrogen-bond donors (Lipinski definition) is 0. The van der Waals surface area contributed by atoms with Crippen molar-refractivity contribution in [1.82, 2.24) is 0 Å². The van der Waals surface area contributed by atoms with E-state index in [0.717, 1.165) is 70.6 Å². The summed E-state index contributed by atoms with van der Waals surface area (Å²) in [5, 5.41) is 0. The number of carbonyl (C=O) groups excluding carboxylic acids is 3. The first kappa shape index (κ1) is 71.2. The van der Waals surface area contributed by atoms with Crippen LogP contribution in [0.4, 0.5) is 0 Å². The summed E-state index contributed by atoms with van der Waals surface area (Å²) in [6.45, 7) is 6.65. The smallest absolute Gasteiger partial charge is 0.306 e. The maximum absolute atomic E-state index is 12.9. The van der Waals surface area contributed by atoms with Crippen LogP contribution < -0.4 is 0 Å². The van der Waals surface area contributed by atoms with E-state index >= 15 is 0 Å². The first-order valence-electron chi connectivity index (χ1n) is 33.2. The van der Waals surface area contributed by atoms with Crippen molar-refractivity contribution >= 4 is 17.9 Å². The molecule has 6 nitrogen and oxygen atoms in total. The molecule has 0 aromatic carbocycles. The molecule has 0 aliphatic carbocycles. The zero-order chi connectivity index (χ0) is 52.9. The van der Waals surface area contributed by atoms with E-state index in [9.17, 15) is 14.4 Å². The van der Waals surface area contributed by atoms with Crippen LogP contribution in [0.1, 0.15) is 380 Å². The molecule has 0 saturated heterocycles. The van der Waals surface area contributed by atoms with Gasteiger partial charge in [0.2, 0.25) is 0 Å². The fraction of sp³-hybridized carbons (Fsp3) is 0.925. The number of unbranched alkanes of at least 4 members (excludes halogenated alkanes) is 49. The van der Waals surface area contributed by atoms with E-state index in [1.807, 2.05) is 0 Å². The highest BCUT2D eigenvalue weighted by molar-refractivity contribution is 5.71. The number of rotatable bonds is 62. The van der Waals surface area contributed by atoms with E-state index in [2.05, 4.69) is 32.9 Å². The van der Waals surface area contributed by atoms with E-state index in [0.29, 0.717) is 19.3 Å². The van der Waals surface area contributed by atoms with Crippen LogP contribution in [-0.2, 0) is 28.6 Å². The van der Waals surface area contributed by atoms with Gasteiger partial charge in [-0.2, -0.15) is 0 Å². The summed E-state index contributed by atoms with van der Waals surface area (Å²) in [7, 11) is 0. The van der Waals surface area contributed by atoms with Gasteiger partial charge in [0, 0.05) is 19.3 Å². The first-order valence-corrected chi connectivity index (χ1v) is 33.2. The summed E-state index contributed by atoms with van der Waals surface area (Å²) in [6.07, 6.45) is 73.9. The Balaban J connectivity index is 4.15. The van der Waals surface area contributed by atoms with Gasteiger partial charge in [-0.1, -0.05) is 335 Å². The van der Waals surface area contributed by atoms with Crippen LogP contribution in [0.25, 0.3) is 0 Å². The summed E-state index contributed by atoms with van der Waals surface area (Å²) in [6, 6.07) is 0. The largest absolute Gasteiger partial charge is 0.462 e. The van der Waals surface area contributed by atoms with Crippen LogP contribution in [0.5, 0.6) is 0 Å². The lowest BCUT2D eigenvalue weighted by atomic mass is 10.0.